The first-order chi connectivity index (χ1) is 13.2. The van der Waals surface area contributed by atoms with Crippen molar-refractivity contribution in [1.29, 1.82) is 0 Å². The fourth-order valence-electron chi connectivity index (χ4n) is 2.16. The van der Waals surface area contributed by atoms with Gasteiger partial charge < -0.3 is 9.47 Å². The van der Waals surface area contributed by atoms with E-state index in [0.29, 0.717) is 0 Å². The van der Waals surface area contributed by atoms with Crippen molar-refractivity contribution in [3.05, 3.63) is 12.2 Å². The molecule has 1 unspecified atom stereocenters. The highest BCUT2D eigenvalue weighted by Gasteiger charge is 2.77. The topological polar surface area (TPSA) is 54.0 Å². The van der Waals surface area contributed by atoms with Gasteiger partial charge in [-0.3, -0.25) is 4.89 Å². The first-order valence-corrected chi connectivity index (χ1v) is 8.63. The van der Waals surface area contributed by atoms with Crippen LogP contribution < -0.4 is 0 Å². The molecular formula is C17H24F8O5. The number of alkyl halides is 8. The zero-order valence-electron chi connectivity index (χ0n) is 17.1. The number of rotatable bonds is 11. The Hall–Kier alpha value is -1.47. The Labute approximate surface area is 168 Å². The lowest BCUT2D eigenvalue weighted by Gasteiger charge is -2.40. The van der Waals surface area contributed by atoms with E-state index in [1.54, 1.807) is 27.7 Å². The van der Waals surface area contributed by atoms with E-state index in [1.165, 1.54) is 13.8 Å². The molecule has 5 nitrogen and oxygen atoms in total. The molecular weight excluding hydrogens is 436 g/mol. The number of carbonyl (C=O) groups is 1. The Morgan fingerprint density at radius 1 is 0.833 bits per heavy atom. The molecule has 0 radical (unpaired) electrons. The molecule has 0 bridgehead atoms. The van der Waals surface area contributed by atoms with Gasteiger partial charge in [-0.05, 0) is 27.7 Å². The predicted molar refractivity (Wildman–Crippen MR) is 87.2 cm³/mol. The maximum atomic E-state index is 13.4. The summed E-state index contributed by atoms with van der Waals surface area (Å²) in [4.78, 5) is 19.1. The molecule has 0 aliphatic heterocycles. The van der Waals surface area contributed by atoms with Crippen LogP contribution in [-0.2, 0) is 24.0 Å². The summed E-state index contributed by atoms with van der Waals surface area (Å²) < 4.78 is 113. The second-order valence-electron chi connectivity index (χ2n) is 7.11. The Kier molecular flexibility index (Phi) is 9.29. The van der Waals surface area contributed by atoms with Gasteiger partial charge in [0.05, 0.1) is 17.8 Å². The van der Waals surface area contributed by atoms with Crippen LogP contribution in [0.4, 0.5) is 35.1 Å². The van der Waals surface area contributed by atoms with Crippen LogP contribution >= 0.6 is 0 Å². The highest BCUT2D eigenvalue weighted by Crippen LogP contribution is 2.49. The molecule has 13 heteroatoms. The molecule has 0 aromatic carbocycles. The molecule has 0 heterocycles. The van der Waals surface area contributed by atoms with Gasteiger partial charge in [-0.1, -0.05) is 20.4 Å². The van der Waals surface area contributed by atoms with Crippen LogP contribution in [0.3, 0.4) is 0 Å². The summed E-state index contributed by atoms with van der Waals surface area (Å²) >= 11 is 0. The third-order valence-corrected chi connectivity index (χ3v) is 3.52. The van der Waals surface area contributed by atoms with Gasteiger partial charge >= 0.3 is 30.3 Å². The van der Waals surface area contributed by atoms with E-state index in [0.717, 1.165) is 0 Å². The zero-order chi connectivity index (χ0) is 24.3. The highest BCUT2D eigenvalue weighted by atomic mass is 19.4. The van der Waals surface area contributed by atoms with Gasteiger partial charge in [-0.15, -0.1) is 4.89 Å². The van der Waals surface area contributed by atoms with E-state index < -0.39 is 59.8 Å². The molecule has 0 amide bonds. The lowest BCUT2D eigenvalue weighted by Crippen LogP contribution is -2.57. The molecule has 0 aliphatic rings. The van der Waals surface area contributed by atoms with Gasteiger partial charge in [0, 0.05) is 5.92 Å². The first kappa shape index (κ1) is 28.5. The molecule has 30 heavy (non-hydrogen) atoms. The summed E-state index contributed by atoms with van der Waals surface area (Å²) in [5, 5.41) is 0. The first-order valence-electron chi connectivity index (χ1n) is 8.63. The molecule has 1 atom stereocenters. The van der Waals surface area contributed by atoms with Gasteiger partial charge in [0.25, 0.3) is 0 Å². The van der Waals surface area contributed by atoms with Crippen molar-refractivity contribution >= 4 is 5.97 Å². The zero-order valence-corrected chi connectivity index (χ0v) is 17.1. The number of hydrogen-bond acceptors (Lipinski definition) is 5. The van der Waals surface area contributed by atoms with Crippen molar-refractivity contribution in [2.75, 3.05) is 0 Å². The third-order valence-electron chi connectivity index (χ3n) is 3.52. The molecule has 0 saturated carbocycles. The van der Waals surface area contributed by atoms with E-state index in [2.05, 4.69) is 16.4 Å². The number of carbonyl (C=O) groups excluding carboxylic acids is 1. The number of halogens is 8. The van der Waals surface area contributed by atoms with E-state index in [9.17, 15) is 39.9 Å². The van der Waals surface area contributed by atoms with Crippen LogP contribution in [0.5, 0.6) is 0 Å². The van der Waals surface area contributed by atoms with Gasteiger partial charge in [0.1, 0.15) is 0 Å². The minimum Gasteiger partial charge on any atom is -0.343 e. The minimum absolute atomic E-state index is 0.583. The molecule has 0 aliphatic carbocycles. The Morgan fingerprint density at radius 2 is 1.23 bits per heavy atom. The molecule has 0 aromatic heterocycles. The minimum atomic E-state index is -6.80. The molecule has 0 spiro atoms. The monoisotopic (exact) mass is 460 g/mol. The standard InChI is InChI=1S/C17H24F8O5/c1-8(2)14(27-9(3)4,28-10(5)6)11(7)12(26)29-30-13(18)15(19,20)16(21,22)17(23,24)25/h8-10,13H,7H2,1-6H3. The van der Waals surface area contributed by atoms with Gasteiger partial charge in [-0.25, -0.2) is 9.18 Å². The summed E-state index contributed by atoms with van der Waals surface area (Å²) in [5.74, 6) is -17.6. The van der Waals surface area contributed by atoms with Crippen molar-refractivity contribution < 1.29 is 59.2 Å². The van der Waals surface area contributed by atoms with Crippen molar-refractivity contribution in [2.24, 2.45) is 5.92 Å². The summed E-state index contributed by atoms with van der Waals surface area (Å²) in [7, 11) is 0. The van der Waals surface area contributed by atoms with Crippen LogP contribution in [0.15, 0.2) is 12.2 Å². The largest absolute Gasteiger partial charge is 0.460 e. The van der Waals surface area contributed by atoms with Crippen LogP contribution in [-0.4, -0.2) is 48.3 Å². The Bertz CT molecular complexity index is 591. The molecule has 0 aromatic rings. The van der Waals surface area contributed by atoms with E-state index >= 15 is 0 Å². The molecule has 178 valence electrons. The van der Waals surface area contributed by atoms with Crippen LogP contribution in [0.1, 0.15) is 41.5 Å². The molecule has 0 N–H and O–H groups in total. The van der Waals surface area contributed by atoms with Crippen molar-refractivity contribution in [1.82, 2.24) is 0 Å². The SMILES string of the molecule is C=C(C(=O)OOC(F)C(F)(F)C(F)(F)C(F)(F)F)C(OC(C)C)(OC(C)C)C(C)C. The van der Waals surface area contributed by atoms with Gasteiger partial charge in [0.15, 0.2) is 0 Å². The lowest BCUT2D eigenvalue weighted by atomic mass is 9.94. The van der Waals surface area contributed by atoms with Crippen molar-refractivity contribution in [2.45, 2.75) is 83.9 Å². The Balaban J connectivity index is 5.59. The van der Waals surface area contributed by atoms with Crippen LogP contribution in [0, 0.1) is 5.92 Å². The van der Waals surface area contributed by atoms with Gasteiger partial charge in [-0.2, -0.15) is 30.7 Å². The summed E-state index contributed by atoms with van der Waals surface area (Å²) in [6, 6.07) is 0. The average Bonchev–Trinajstić information content (AvgIpc) is 2.55. The normalized spacial score (nSPS) is 15.1. The average molecular weight is 460 g/mol. The summed E-state index contributed by atoms with van der Waals surface area (Å²) in [6.07, 6.45) is -12.6. The summed E-state index contributed by atoms with van der Waals surface area (Å²) in [5.41, 5.74) is -0.724. The second kappa shape index (κ2) is 9.77. The quantitative estimate of drug-likeness (QED) is 0.137. The number of hydrogen-bond donors (Lipinski definition) is 0. The van der Waals surface area contributed by atoms with Crippen molar-refractivity contribution in [3.63, 3.8) is 0 Å². The maximum absolute atomic E-state index is 13.4. The molecule has 0 fully saturated rings. The second-order valence-corrected chi connectivity index (χ2v) is 7.11. The van der Waals surface area contributed by atoms with Crippen LogP contribution in [0.2, 0.25) is 0 Å². The molecule has 0 rings (SSSR count). The fraction of sp³-hybridized carbons (Fsp3) is 0.824. The fourth-order valence-corrected chi connectivity index (χ4v) is 2.16. The molecule has 0 saturated heterocycles. The highest BCUT2D eigenvalue weighted by molar-refractivity contribution is 5.89. The van der Waals surface area contributed by atoms with Gasteiger partial charge in [0.2, 0.25) is 5.79 Å². The van der Waals surface area contributed by atoms with Crippen molar-refractivity contribution in [3.8, 4) is 0 Å². The lowest BCUT2D eigenvalue weighted by molar-refractivity contribution is -0.428. The predicted octanol–water partition coefficient (Wildman–Crippen LogP) is 5.35. The summed E-state index contributed by atoms with van der Waals surface area (Å²) in [6.45, 7) is 12.6. The van der Waals surface area contributed by atoms with E-state index in [1.807, 2.05) is 0 Å². The third kappa shape index (κ3) is 6.03. The van der Waals surface area contributed by atoms with E-state index in [4.69, 9.17) is 9.47 Å². The number of ether oxygens (including phenoxy) is 2. The van der Waals surface area contributed by atoms with Crippen LogP contribution in [0.25, 0.3) is 0 Å². The Morgan fingerprint density at radius 3 is 1.53 bits per heavy atom. The smallest absolute Gasteiger partial charge is 0.343 e. The van der Waals surface area contributed by atoms with E-state index in [-0.39, 0.29) is 0 Å². The maximum Gasteiger partial charge on any atom is 0.460 e.